The van der Waals surface area contributed by atoms with Gasteiger partial charge in [-0.2, -0.15) is 0 Å². The molecule has 0 unspecified atom stereocenters. The van der Waals surface area contributed by atoms with Crippen molar-refractivity contribution in [2.45, 2.75) is 57.6 Å². The zero-order chi connectivity index (χ0) is 20.3. The molecule has 28 heavy (non-hydrogen) atoms. The number of likely N-dealkylation sites (tertiary alicyclic amines) is 1. The Morgan fingerprint density at radius 1 is 0.964 bits per heavy atom. The second-order valence-electron chi connectivity index (χ2n) is 8.61. The van der Waals surface area contributed by atoms with Gasteiger partial charge >= 0.3 is 6.09 Å². The van der Waals surface area contributed by atoms with Crippen LogP contribution in [0.1, 0.15) is 57.1 Å². The fourth-order valence-electron chi connectivity index (χ4n) is 4.01. The zero-order valence-corrected chi connectivity index (χ0v) is 17.5. The van der Waals surface area contributed by atoms with Gasteiger partial charge < -0.3 is 14.4 Å². The van der Waals surface area contributed by atoms with Crippen molar-refractivity contribution in [2.24, 2.45) is 0 Å². The van der Waals surface area contributed by atoms with E-state index in [9.17, 15) is 4.79 Å². The minimum absolute atomic E-state index is 0.120. The van der Waals surface area contributed by atoms with E-state index in [1.807, 2.05) is 43.9 Å². The largest absolute Gasteiger partial charge is 0.497 e. The molecule has 2 aromatic carbocycles. The van der Waals surface area contributed by atoms with Crippen molar-refractivity contribution in [3.8, 4) is 5.75 Å². The van der Waals surface area contributed by atoms with Gasteiger partial charge in [-0.3, -0.25) is 0 Å². The average Bonchev–Trinajstić information content (AvgIpc) is 2.67. The lowest BCUT2D eigenvalue weighted by atomic mass is 9.74. The summed E-state index contributed by atoms with van der Waals surface area (Å²) in [5, 5.41) is 0. The van der Waals surface area contributed by atoms with Crippen LogP contribution in [-0.4, -0.2) is 36.3 Å². The Morgan fingerprint density at radius 2 is 1.57 bits per heavy atom. The van der Waals surface area contributed by atoms with Crippen LogP contribution in [0.3, 0.4) is 0 Å². The number of piperidine rings is 1. The summed E-state index contributed by atoms with van der Waals surface area (Å²) in [6.45, 7) is 8.49. The van der Waals surface area contributed by atoms with Crippen LogP contribution in [0.2, 0.25) is 0 Å². The SMILES string of the molecule is COc1ccc([C@H]2CN(C(=O)OC(C)(C)C)[C@H](C)C[C@@H]2c2ccccc2)cc1. The highest BCUT2D eigenvalue weighted by Gasteiger charge is 2.38. The van der Waals surface area contributed by atoms with Gasteiger partial charge in [0.2, 0.25) is 0 Å². The molecule has 1 saturated heterocycles. The lowest BCUT2D eigenvalue weighted by Gasteiger charge is -2.43. The molecule has 0 aromatic heterocycles. The molecule has 1 aliphatic heterocycles. The van der Waals surface area contributed by atoms with E-state index in [1.165, 1.54) is 11.1 Å². The number of carbonyl (C=O) groups excluding carboxylic acids is 1. The van der Waals surface area contributed by atoms with Crippen molar-refractivity contribution in [3.05, 3.63) is 65.7 Å². The summed E-state index contributed by atoms with van der Waals surface area (Å²) in [5.74, 6) is 1.40. The molecule has 3 rings (SSSR count). The molecule has 1 heterocycles. The Hall–Kier alpha value is -2.49. The average molecular weight is 382 g/mol. The fraction of sp³-hybridized carbons (Fsp3) is 0.458. The first-order valence-corrected chi connectivity index (χ1v) is 9.97. The third kappa shape index (κ3) is 4.67. The Kier molecular flexibility index (Phi) is 5.97. The Balaban J connectivity index is 1.92. The van der Waals surface area contributed by atoms with Crippen LogP contribution in [0.15, 0.2) is 54.6 Å². The number of hydrogen-bond donors (Lipinski definition) is 0. The maximum atomic E-state index is 12.8. The van der Waals surface area contributed by atoms with Gasteiger partial charge in [-0.05, 0) is 63.3 Å². The predicted molar refractivity (Wildman–Crippen MR) is 112 cm³/mol. The summed E-state index contributed by atoms with van der Waals surface area (Å²) in [6.07, 6.45) is 0.671. The van der Waals surface area contributed by atoms with Crippen LogP contribution >= 0.6 is 0 Å². The number of hydrogen-bond acceptors (Lipinski definition) is 3. The van der Waals surface area contributed by atoms with Gasteiger partial charge in [0.25, 0.3) is 0 Å². The second kappa shape index (κ2) is 8.26. The maximum absolute atomic E-state index is 12.8. The van der Waals surface area contributed by atoms with Gasteiger partial charge in [-0.15, -0.1) is 0 Å². The van der Waals surface area contributed by atoms with Crippen molar-refractivity contribution in [1.82, 2.24) is 4.90 Å². The summed E-state index contributed by atoms with van der Waals surface area (Å²) in [5.41, 5.74) is 2.04. The molecule has 150 valence electrons. The Morgan fingerprint density at radius 3 is 2.14 bits per heavy atom. The van der Waals surface area contributed by atoms with E-state index >= 15 is 0 Å². The highest BCUT2D eigenvalue weighted by Crippen LogP contribution is 2.42. The van der Waals surface area contributed by atoms with Crippen molar-refractivity contribution in [2.75, 3.05) is 13.7 Å². The summed E-state index contributed by atoms with van der Waals surface area (Å²) in [4.78, 5) is 14.7. The third-order valence-electron chi connectivity index (χ3n) is 5.41. The molecule has 3 atom stereocenters. The summed E-state index contributed by atoms with van der Waals surface area (Å²) >= 11 is 0. The molecule has 4 nitrogen and oxygen atoms in total. The minimum atomic E-state index is -0.497. The molecule has 0 radical (unpaired) electrons. The van der Waals surface area contributed by atoms with E-state index in [4.69, 9.17) is 9.47 Å². The van der Waals surface area contributed by atoms with Crippen LogP contribution in [0.5, 0.6) is 5.75 Å². The number of ether oxygens (including phenoxy) is 2. The smallest absolute Gasteiger partial charge is 0.410 e. The summed E-state index contributed by atoms with van der Waals surface area (Å²) < 4.78 is 11.0. The number of nitrogens with zero attached hydrogens (tertiary/aromatic N) is 1. The van der Waals surface area contributed by atoms with Crippen LogP contribution in [-0.2, 0) is 4.74 Å². The van der Waals surface area contributed by atoms with Crippen molar-refractivity contribution in [3.63, 3.8) is 0 Å². The first-order valence-electron chi connectivity index (χ1n) is 9.97. The topological polar surface area (TPSA) is 38.8 Å². The number of methoxy groups -OCH3 is 1. The number of benzene rings is 2. The van der Waals surface area contributed by atoms with Crippen LogP contribution in [0.25, 0.3) is 0 Å². The molecule has 1 aliphatic rings. The first kappa shape index (κ1) is 20.2. The predicted octanol–water partition coefficient (Wildman–Crippen LogP) is 5.59. The van der Waals surface area contributed by atoms with E-state index in [1.54, 1.807) is 7.11 Å². The highest BCUT2D eigenvalue weighted by atomic mass is 16.6. The van der Waals surface area contributed by atoms with Crippen LogP contribution < -0.4 is 4.74 Å². The lowest BCUT2D eigenvalue weighted by Crippen LogP contribution is -2.49. The quantitative estimate of drug-likeness (QED) is 0.695. The Labute approximate surface area is 168 Å². The molecule has 2 aromatic rings. The molecular weight excluding hydrogens is 350 g/mol. The van der Waals surface area contributed by atoms with Crippen LogP contribution in [0, 0.1) is 0 Å². The molecule has 4 heteroatoms. The van der Waals surface area contributed by atoms with Gasteiger partial charge in [0.05, 0.1) is 7.11 Å². The molecule has 1 amide bonds. The van der Waals surface area contributed by atoms with Crippen LogP contribution in [0.4, 0.5) is 4.79 Å². The molecule has 0 aliphatic carbocycles. The number of carbonyl (C=O) groups is 1. The third-order valence-corrected chi connectivity index (χ3v) is 5.41. The standard InChI is InChI=1S/C24H31NO3/c1-17-15-21(18-9-7-6-8-10-18)22(19-11-13-20(27-5)14-12-19)16-25(17)23(26)28-24(2,3)4/h6-14,17,21-22H,15-16H2,1-5H3/t17-,21-,22-/m1/s1. The highest BCUT2D eigenvalue weighted by molar-refractivity contribution is 5.69. The molecular formula is C24H31NO3. The summed E-state index contributed by atoms with van der Waals surface area (Å²) in [6, 6.07) is 18.9. The van der Waals surface area contributed by atoms with Gasteiger partial charge in [0.15, 0.2) is 0 Å². The number of rotatable bonds is 3. The first-order chi connectivity index (χ1) is 13.3. The van der Waals surface area contributed by atoms with Gasteiger partial charge in [-0.1, -0.05) is 42.5 Å². The van der Waals surface area contributed by atoms with Gasteiger partial charge in [0.1, 0.15) is 11.4 Å². The second-order valence-corrected chi connectivity index (χ2v) is 8.61. The lowest BCUT2D eigenvalue weighted by molar-refractivity contribution is 0.00752. The van der Waals surface area contributed by atoms with Crippen molar-refractivity contribution >= 4 is 6.09 Å². The van der Waals surface area contributed by atoms with Gasteiger partial charge in [0, 0.05) is 18.5 Å². The van der Waals surface area contributed by atoms with Gasteiger partial charge in [-0.25, -0.2) is 4.79 Å². The van der Waals surface area contributed by atoms with E-state index in [0.717, 1.165) is 12.2 Å². The van der Waals surface area contributed by atoms with Crippen molar-refractivity contribution in [1.29, 1.82) is 0 Å². The molecule has 0 saturated carbocycles. The summed E-state index contributed by atoms with van der Waals surface area (Å²) in [7, 11) is 1.67. The molecule has 0 spiro atoms. The van der Waals surface area contributed by atoms with E-state index < -0.39 is 5.60 Å². The zero-order valence-electron chi connectivity index (χ0n) is 17.5. The molecule has 1 fully saturated rings. The Bertz CT molecular complexity index is 780. The molecule has 0 bridgehead atoms. The van der Waals surface area contributed by atoms with E-state index in [-0.39, 0.29) is 18.1 Å². The van der Waals surface area contributed by atoms with Crippen molar-refractivity contribution < 1.29 is 14.3 Å². The fourth-order valence-corrected chi connectivity index (χ4v) is 4.01. The normalized spacial score (nSPS) is 22.6. The maximum Gasteiger partial charge on any atom is 0.410 e. The number of amides is 1. The van der Waals surface area contributed by atoms with E-state index in [2.05, 4.69) is 43.3 Å². The molecule has 0 N–H and O–H groups in total. The minimum Gasteiger partial charge on any atom is -0.497 e. The van der Waals surface area contributed by atoms with E-state index in [0.29, 0.717) is 12.5 Å². The monoisotopic (exact) mass is 381 g/mol.